The maximum absolute atomic E-state index is 3.68. The third-order valence-electron chi connectivity index (χ3n) is 3.56. The molecule has 21 heavy (non-hydrogen) atoms. The molecule has 112 valence electrons. The van der Waals surface area contributed by atoms with Gasteiger partial charge in [0.25, 0.3) is 0 Å². The van der Waals surface area contributed by atoms with Gasteiger partial charge in [0.05, 0.1) is 6.04 Å². The Morgan fingerprint density at radius 1 is 1.00 bits per heavy atom. The zero-order chi connectivity index (χ0) is 15.4. The van der Waals surface area contributed by atoms with E-state index in [2.05, 4.69) is 94.3 Å². The lowest BCUT2D eigenvalue weighted by molar-refractivity contribution is 0.595. The first-order chi connectivity index (χ1) is 10.0. The summed E-state index contributed by atoms with van der Waals surface area (Å²) >= 11 is 7.19. The van der Waals surface area contributed by atoms with Crippen molar-refractivity contribution in [1.29, 1.82) is 0 Å². The average Bonchev–Trinajstić information content (AvgIpc) is 2.42. The van der Waals surface area contributed by atoms with Crippen LogP contribution in [0.15, 0.2) is 45.3 Å². The summed E-state index contributed by atoms with van der Waals surface area (Å²) in [4.78, 5) is 0. The molecule has 0 radical (unpaired) electrons. The molecule has 0 saturated carbocycles. The van der Waals surface area contributed by atoms with Gasteiger partial charge in [0.15, 0.2) is 0 Å². The number of hydrogen-bond donors (Lipinski definition) is 1. The van der Waals surface area contributed by atoms with Crippen LogP contribution in [0, 0.1) is 13.8 Å². The van der Waals surface area contributed by atoms with E-state index >= 15 is 0 Å². The molecule has 1 nitrogen and oxygen atoms in total. The Kier molecular flexibility index (Phi) is 6.03. The van der Waals surface area contributed by atoms with E-state index in [9.17, 15) is 0 Å². The number of hydrogen-bond acceptors (Lipinski definition) is 1. The third-order valence-corrected chi connectivity index (χ3v) is 4.48. The summed E-state index contributed by atoms with van der Waals surface area (Å²) in [5, 5.41) is 3.68. The first-order valence-electron chi connectivity index (χ1n) is 7.27. The normalized spacial score (nSPS) is 12.4. The predicted octanol–water partition coefficient (Wildman–Crippen LogP) is 5.92. The number of rotatable bonds is 5. The fraction of sp³-hybridized carbons (Fsp3) is 0.333. The SMILES string of the molecule is CCCNC(c1cc(Br)cc(Br)c1)c1cc(C)ccc1C. The zero-order valence-electron chi connectivity index (χ0n) is 12.7. The highest BCUT2D eigenvalue weighted by Gasteiger charge is 2.16. The van der Waals surface area contributed by atoms with Gasteiger partial charge in [-0.25, -0.2) is 0 Å². The third kappa shape index (κ3) is 4.41. The highest BCUT2D eigenvalue weighted by atomic mass is 79.9. The summed E-state index contributed by atoms with van der Waals surface area (Å²) in [6.07, 6.45) is 1.12. The highest BCUT2D eigenvalue weighted by Crippen LogP contribution is 2.30. The van der Waals surface area contributed by atoms with E-state index in [-0.39, 0.29) is 6.04 Å². The van der Waals surface area contributed by atoms with E-state index in [1.54, 1.807) is 0 Å². The molecule has 0 saturated heterocycles. The molecular formula is C18H21Br2N. The van der Waals surface area contributed by atoms with E-state index in [1.807, 2.05) is 0 Å². The van der Waals surface area contributed by atoms with Gasteiger partial charge >= 0.3 is 0 Å². The fourth-order valence-corrected chi connectivity index (χ4v) is 3.84. The molecule has 1 atom stereocenters. The van der Waals surface area contributed by atoms with Gasteiger partial charge in [-0.2, -0.15) is 0 Å². The van der Waals surface area contributed by atoms with Gasteiger partial charge < -0.3 is 5.32 Å². The maximum Gasteiger partial charge on any atom is 0.0580 e. The van der Waals surface area contributed by atoms with Crippen LogP contribution >= 0.6 is 31.9 Å². The van der Waals surface area contributed by atoms with E-state index in [1.165, 1.54) is 22.3 Å². The number of benzene rings is 2. The Balaban J connectivity index is 2.49. The van der Waals surface area contributed by atoms with Gasteiger partial charge in [-0.15, -0.1) is 0 Å². The fourth-order valence-electron chi connectivity index (χ4n) is 2.51. The molecule has 1 unspecified atom stereocenters. The summed E-state index contributed by atoms with van der Waals surface area (Å²) in [6, 6.07) is 13.4. The summed E-state index contributed by atoms with van der Waals surface area (Å²) in [5.41, 5.74) is 5.25. The molecule has 0 bridgehead atoms. The molecule has 1 N–H and O–H groups in total. The van der Waals surface area contributed by atoms with Crippen LogP contribution in [0.3, 0.4) is 0 Å². The van der Waals surface area contributed by atoms with Crippen molar-refractivity contribution in [2.45, 2.75) is 33.2 Å². The molecule has 0 aliphatic carbocycles. The van der Waals surface area contributed by atoms with Crippen LogP contribution in [0.5, 0.6) is 0 Å². The molecule has 3 heteroatoms. The van der Waals surface area contributed by atoms with E-state index < -0.39 is 0 Å². The summed E-state index contributed by atoms with van der Waals surface area (Å²) in [5.74, 6) is 0. The molecule has 0 fully saturated rings. The second-order valence-corrected chi connectivity index (χ2v) is 7.28. The van der Waals surface area contributed by atoms with Gasteiger partial charge in [0.1, 0.15) is 0 Å². The molecule has 0 aliphatic rings. The van der Waals surface area contributed by atoms with Crippen molar-refractivity contribution in [2.24, 2.45) is 0 Å². The van der Waals surface area contributed by atoms with Gasteiger partial charge in [-0.05, 0) is 61.7 Å². The summed E-state index contributed by atoms with van der Waals surface area (Å²) in [7, 11) is 0. The maximum atomic E-state index is 3.68. The zero-order valence-corrected chi connectivity index (χ0v) is 15.9. The number of nitrogens with one attached hydrogen (secondary N) is 1. The second-order valence-electron chi connectivity index (χ2n) is 5.45. The Bertz CT molecular complexity index is 602. The van der Waals surface area contributed by atoms with Crippen molar-refractivity contribution in [1.82, 2.24) is 5.32 Å². The minimum Gasteiger partial charge on any atom is -0.306 e. The molecule has 2 rings (SSSR count). The number of aryl methyl sites for hydroxylation is 2. The lowest BCUT2D eigenvalue weighted by Crippen LogP contribution is -2.24. The van der Waals surface area contributed by atoms with Crippen LogP contribution in [0.25, 0.3) is 0 Å². The predicted molar refractivity (Wildman–Crippen MR) is 97.9 cm³/mol. The molecule has 0 spiro atoms. The van der Waals surface area contributed by atoms with E-state index in [0.29, 0.717) is 0 Å². The monoisotopic (exact) mass is 409 g/mol. The Morgan fingerprint density at radius 2 is 1.67 bits per heavy atom. The minimum absolute atomic E-state index is 0.221. The summed E-state index contributed by atoms with van der Waals surface area (Å²) < 4.78 is 2.20. The summed E-state index contributed by atoms with van der Waals surface area (Å²) in [6.45, 7) is 7.53. The van der Waals surface area contributed by atoms with Crippen molar-refractivity contribution in [3.05, 3.63) is 67.6 Å². The highest BCUT2D eigenvalue weighted by molar-refractivity contribution is 9.11. The van der Waals surface area contributed by atoms with Crippen LogP contribution in [-0.2, 0) is 0 Å². The Morgan fingerprint density at radius 3 is 2.29 bits per heavy atom. The van der Waals surface area contributed by atoms with Gasteiger partial charge in [0, 0.05) is 8.95 Å². The van der Waals surface area contributed by atoms with Crippen molar-refractivity contribution < 1.29 is 0 Å². The van der Waals surface area contributed by atoms with Crippen LogP contribution < -0.4 is 5.32 Å². The lowest BCUT2D eigenvalue weighted by atomic mass is 9.93. The lowest BCUT2D eigenvalue weighted by Gasteiger charge is -2.22. The topological polar surface area (TPSA) is 12.0 Å². The van der Waals surface area contributed by atoms with E-state index in [0.717, 1.165) is 21.9 Å². The van der Waals surface area contributed by atoms with Crippen molar-refractivity contribution >= 4 is 31.9 Å². The van der Waals surface area contributed by atoms with Crippen LogP contribution in [0.1, 0.15) is 41.6 Å². The van der Waals surface area contributed by atoms with E-state index in [4.69, 9.17) is 0 Å². The quantitative estimate of drug-likeness (QED) is 0.645. The first-order valence-corrected chi connectivity index (χ1v) is 8.86. The molecule has 0 heterocycles. The van der Waals surface area contributed by atoms with Crippen LogP contribution in [0.2, 0.25) is 0 Å². The first kappa shape index (κ1) is 16.7. The molecule has 0 aliphatic heterocycles. The van der Waals surface area contributed by atoms with Gasteiger partial charge in [-0.1, -0.05) is 62.5 Å². The van der Waals surface area contributed by atoms with Crippen molar-refractivity contribution in [3.8, 4) is 0 Å². The minimum atomic E-state index is 0.221. The van der Waals surface area contributed by atoms with Crippen molar-refractivity contribution in [2.75, 3.05) is 6.54 Å². The van der Waals surface area contributed by atoms with Crippen LogP contribution in [0.4, 0.5) is 0 Å². The van der Waals surface area contributed by atoms with Crippen molar-refractivity contribution in [3.63, 3.8) is 0 Å². The van der Waals surface area contributed by atoms with Crippen LogP contribution in [-0.4, -0.2) is 6.54 Å². The van der Waals surface area contributed by atoms with Gasteiger partial charge in [0.2, 0.25) is 0 Å². The molecular weight excluding hydrogens is 390 g/mol. The van der Waals surface area contributed by atoms with Gasteiger partial charge in [-0.3, -0.25) is 0 Å². The average molecular weight is 411 g/mol. The standard InChI is InChI=1S/C18H21Br2N/c1-4-7-21-18(14-9-15(19)11-16(20)10-14)17-8-12(2)5-6-13(17)3/h5-6,8-11,18,21H,4,7H2,1-3H3. The second kappa shape index (κ2) is 7.57. The molecule has 2 aromatic carbocycles. The largest absolute Gasteiger partial charge is 0.306 e. The Labute approximate surface area is 144 Å². The molecule has 0 amide bonds. The molecule has 2 aromatic rings. The molecule has 0 aromatic heterocycles. The smallest absolute Gasteiger partial charge is 0.0580 e. The number of halogens is 2. The Hall–Kier alpha value is -0.640.